The Labute approximate surface area is 98.0 Å². The fourth-order valence-electron chi connectivity index (χ4n) is 2.01. The molecule has 0 aromatic rings. The average Bonchev–Trinajstić information content (AvgIpc) is 2.70. The number of thioether (sulfide) groups is 1. The van der Waals surface area contributed by atoms with Crippen molar-refractivity contribution in [1.82, 2.24) is 0 Å². The van der Waals surface area contributed by atoms with Crippen LogP contribution in [-0.4, -0.2) is 28.3 Å². The molecule has 0 amide bonds. The van der Waals surface area contributed by atoms with Gasteiger partial charge in [-0.05, 0) is 38.4 Å². The number of unbranched alkanes of at least 4 members (excludes halogenated alkanes) is 1. The van der Waals surface area contributed by atoms with Gasteiger partial charge in [-0.1, -0.05) is 19.3 Å². The number of hydrogen-bond donors (Lipinski definition) is 2. The van der Waals surface area contributed by atoms with Crippen molar-refractivity contribution in [1.29, 1.82) is 0 Å². The van der Waals surface area contributed by atoms with Crippen LogP contribution in [0.2, 0.25) is 0 Å². The Morgan fingerprint density at radius 1 is 1.33 bits per heavy atom. The van der Waals surface area contributed by atoms with E-state index in [1.807, 2.05) is 6.92 Å². The van der Waals surface area contributed by atoms with Crippen molar-refractivity contribution in [2.24, 2.45) is 5.73 Å². The van der Waals surface area contributed by atoms with Crippen LogP contribution in [0.25, 0.3) is 0 Å². The molecule has 1 aliphatic carbocycles. The van der Waals surface area contributed by atoms with E-state index in [1.165, 1.54) is 37.9 Å². The second-order valence-electron chi connectivity index (χ2n) is 5.05. The molecule has 0 aromatic carbocycles. The van der Waals surface area contributed by atoms with E-state index in [1.54, 1.807) is 0 Å². The highest BCUT2D eigenvalue weighted by Gasteiger charge is 2.17. The minimum atomic E-state index is -0.363. The van der Waals surface area contributed by atoms with E-state index < -0.39 is 0 Å². The molecule has 2 nitrogen and oxygen atoms in total. The summed E-state index contributed by atoms with van der Waals surface area (Å²) >= 11 is 2.14. The summed E-state index contributed by atoms with van der Waals surface area (Å²) in [5.41, 5.74) is 5.50. The lowest BCUT2D eigenvalue weighted by molar-refractivity contribution is 0.198. The molecule has 3 N–H and O–H groups in total. The van der Waals surface area contributed by atoms with Crippen molar-refractivity contribution >= 4 is 11.8 Å². The molecule has 1 unspecified atom stereocenters. The lowest BCUT2D eigenvalue weighted by Crippen LogP contribution is -2.39. The molecule has 1 aliphatic rings. The maximum atomic E-state index is 8.99. The highest BCUT2D eigenvalue weighted by atomic mass is 32.2. The third-order valence-electron chi connectivity index (χ3n) is 3.16. The third-order valence-corrected chi connectivity index (χ3v) is 4.63. The Bertz CT molecular complexity index is 167. The van der Waals surface area contributed by atoms with E-state index >= 15 is 0 Å². The van der Waals surface area contributed by atoms with Crippen LogP contribution < -0.4 is 5.73 Å². The summed E-state index contributed by atoms with van der Waals surface area (Å²) in [5.74, 6) is 1.27. The molecule has 1 fully saturated rings. The normalized spacial score (nSPS) is 21.8. The molecule has 0 heterocycles. The van der Waals surface area contributed by atoms with Crippen LogP contribution in [0, 0.1) is 0 Å². The van der Waals surface area contributed by atoms with E-state index in [9.17, 15) is 0 Å². The quantitative estimate of drug-likeness (QED) is 0.662. The van der Waals surface area contributed by atoms with Crippen molar-refractivity contribution < 1.29 is 5.11 Å². The van der Waals surface area contributed by atoms with Crippen molar-refractivity contribution in [3.63, 3.8) is 0 Å². The molecule has 3 heteroatoms. The highest BCUT2D eigenvalue weighted by Crippen LogP contribution is 2.30. The predicted molar refractivity (Wildman–Crippen MR) is 68.2 cm³/mol. The summed E-state index contributed by atoms with van der Waals surface area (Å²) in [7, 11) is 0. The summed E-state index contributed by atoms with van der Waals surface area (Å²) in [4.78, 5) is 0. The van der Waals surface area contributed by atoms with Gasteiger partial charge < -0.3 is 10.8 Å². The molecule has 15 heavy (non-hydrogen) atoms. The number of rotatable bonds is 7. The Balaban J connectivity index is 1.92. The summed E-state index contributed by atoms with van der Waals surface area (Å²) < 4.78 is 0. The molecule has 1 atom stereocenters. The second-order valence-corrected chi connectivity index (χ2v) is 6.45. The van der Waals surface area contributed by atoms with Gasteiger partial charge in [0.05, 0.1) is 6.61 Å². The van der Waals surface area contributed by atoms with Gasteiger partial charge in [-0.2, -0.15) is 11.8 Å². The van der Waals surface area contributed by atoms with Gasteiger partial charge in [0.2, 0.25) is 0 Å². The Morgan fingerprint density at radius 2 is 2.00 bits per heavy atom. The van der Waals surface area contributed by atoms with Crippen LogP contribution >= 0.6 is 11.8 Å². The van der Waals surface area contributed by atoms with Crippen molar-refractivity contribution in [2.45, 2.75) is 62.7 Å². The Morgan fingerprint density at radius 3 is 2.60 bits per heavy atom. The maximum Gasteiger partial charge on any atom is 0.0608 e. The molecule has 0 aliphatic heterocycles. The zero-order chi connectivity index (χ0) is 11.1. The van der Waals surface area contributed by atoms with Gasteiger partial charge in [0, 0.05) is 10.8 Å². The van der Waals surface area contributed by atoms with Crippen molar-refractivity contribution in [3.05, 3.63) is 0 Å². The van der Waals surface area contributed by atoms with E-state index in [0.29, 0.717) is 0 Å². The molecule has 0 aromatic heterocycles. The van der Waals surface area contributed by atoms with E-state index in [2.05, 4.69) is 11.8 Å². The fraction of sp³-hybridized carbons (Fsp3) is 1.00. The molecule has 0 bridgehead atoms. The first kappa shape index (κ1) is 13.3. The fourth-order valence-corrected chi connectivity index (χ4v) is 3.39. The minimum Gasteiger partial charge on any atom is -0.394 e. The first-order valence-corrected chi connectivity index (χ1v) is 7.20. The smallest absolute Gasteiger partial charge is 0.0608 e. The minimum absolute atomic E-state index is 0.1000. The van der Waals surface area contributed by atoms with Crippen LogP contribution in [0.15, 0.2) is 0 Å². The SMILES string of the molecule is CC(N)(CO)CCCCSC1CCCC1. The van der Waals surface area contributed by atoms with Crippen LogP contribution in [0.4, 0.5) is 0 Å². The van der Waals surface area contributed by atoms with Crippen LogP contribution in [0.1, 0.15) is 51.9 Å². The lowest BCUT2D eigenvalue weighted by atomic mass is 9.98. The van der Waals surface area contributed by atoms with Gasteiger partial charge in [0.15, 0.2) is 0 Å². The van der Waals surface area contributed by atoms with Gasteiger partial charge in [0.25, 0.3) is 0 Å². The first-order chi connectivity index (χ1) is 7.14. The predicted octanol–water partition coefficient (Wildman–Crippen LogP) is 2.54. The van der Waals surface area contributed by atoms with E-state index in [-0.39, 0.29) is 12.1 Å². The Hall–Kier alpha value is 0.270. The van der Waals surface area contributed by atoms with Crippen LogP contribution in [-0.2, 0) is 0 Å². The summed E-state index contributed by atoms with van der Waals surface area (Å²) in [6, 6.07) is 0. The van der Waals surface area contributed by atoms with Crippen molar-refractivity contribution in [3.8, 4) is 0 Å². The molecule has 1 saturated carbocycles. The highest BCUT2D eigenvalue weighted by molar-refractivity contribution is 7.99. The number of aliphatic hydroxyl groups excluding tert-OH is 1. The molecule has 1 rings (SSSR count). The molecule has 90 valence electrons. The van der Waals surface area contributed by atoms with Gasteiger partial charge in [0.1, 0.15) is 0 Å². The summed E-state index contributed by atoms with van der Waals surface area (Å²) in [6.07, 6.45) is 9.05. The van der Waals surface area contributed by atoms with E-state index in [0.717, 1.165) is 18.1 Å². The topological polar surface area (TPSA) is 46.2 Å². The zero-order valence-corrected chi connectivity index (χ0v) is 10.7. The lowest BCUT2D eigenvalue weighted by Gasteiger charge is -2.21. The van der Waals surface area contributed by atoms with Crippen LogP contribution in [0.5, 0.6) is 0 Å². The summed E-state index contributed by atoms with van der Waals surface area (Å²) in [6.45, 7) is 2.03. The average molecular weight is 231 g/mol. The first-order valence-electron chi connectivity index (χ1n) is 6.15. The van der Waals surface area contributed by atoms with Gasteiger partial charge in [-0.3, -0.25) is 0 Å². The molecule has 0 radical (unpaired) electrons. The van der Waals surface area contributed by atoms with Crippen LogP contribution in [0.3, 0.4) is 0 Å². The monoisotopic (exact) mass is 231 g/mol. The second kappa shape index (κ2) is 6.77. The Kier molecular flexibility index (Phi) is 6.02. The molecular weight excluding hydrogens is 206 g/mol. The molecule has 0 spiro atoms. The third kappa shape index (κ3) is 5.79. The number of aliphatic hydroxyl groups is 1. The zero-order valence-electron chi connectivity index (χ0n) is 9.87. The maximum absolute atomic E-state index is 8.99. The van der Waals surface area contributed by atoms with Gasteiger partial charge in [-0.15, -0.1) is 0 Å². The van der Waals surface area contributed by atoms with Gasteiger partial charge >= 0.3 is 0 Å². The number of nitrogens with two attached hydrogens (primary N) is 1. The standard InChI is InChI=1S/C12H25NOS/c1-12(13,10-14)8-4-5-9-15-11-6-2-3-7-11/h11,14H,2-10,13H2,1H3. The molecular formula is C12H25NOS. The number of hydrogen-bond acceptors (Lipinski definition) is 3. The van der Waals surface area contributed by atoms with Crippen molar-refractivity contribution in [2.75, 3.05) is 12.4 Å². The largest absolute Gasteiger partial charge is 0.394 e. The molecule has 0 saturated heterocycles. The van der Waals surface area contributed by atoms with E-state index in [4.69, 9.17) is 10.8 Å². The van der Waals surface area contributed by atoms with Gasteiger partial charge in [-0.25, -0.2) is 0 Å². The summed E-state index contributed by atoms with van der Waals surface area (Å²) in [5, 5.41) is 9.93.